The Morgan fingerprint density at radius 2 is 1.92 bits per heavy atom. The standard InChI is InChI=1S/C20H16FN3O/c21-15-4-1-13(2-5-15)3-6-16-11-14(7-9-22-16)19-12-17-18(24-19)8-10-23-20(17)25/h1-7,9,11-12,24H,8,10H2,(H,23,25). The molecule has 0 atom stereocenters. The lowest BCUT2D eigenvalue weighted by Crippen LogP contribution is -2.31. The number of H-pyrrole nitrogens is 1. The fourth-order valence-electron chi connectivity index (χ4n) is 2.91. The molecule has 0 bridgehead atoms. The van der Waals surface area contributed by atoms with Gasteiger partial charge in [-0.05, 0) is 42.0 Å². The second-order valence-electron chi connectivity index (χ2n) is 5.94. The minimum atomic E-state index is -0.253. The molecule has 1 aromatic carbocycles. The van der Waals surface area contributed by atoms with Gasteiger partial charge in [0.05, 0.1) is 11.3 Å². The van der Waals surface area contributed by atoms with E-state index in [9.17, 15) is 9.18 Å². The Hall–Kier alpha value is -3.21. The maximum absolute atomic E-state index is 12.9. The number of nitrogens with one attached hydrogen (secondary N) is 2. The zero-order valence-electron chi connectivity index (χ0n) is 13.4. The quantitative estimate of drug-likeness (QED) is 0.768. The smallest absolute Gasteiger partial charge is 0.253 e. The van der Waals surface area contributed by atoms with Gasteiger partial charge in [-0.3, -0.25) is 9.78 Å². The number of aromatic amines is 1. The highest BCUT2D eigenvalue weighted by Crippen LogP contribution is 2.24. The highest BCUT2D eigenvalue weighted by molar-refractivity contribution is 5.97. The number of amides is 1. The first-order valence-electron chi connectivity index (χ1n) is 8.09. The highest BCUT2D eigenvalue weighted by atomic mass is 19.1. The molecule has 5 heteroatoms. The molecular formula is C20H16FN3O. The van der Waals surface area contributed by atoms with Crippen molar-refractivity contribution in [1.82, 2.24) is 15.3 Å². The van der Waals surface area contributed by atoms with Gasteiger partial charge in [0, 0.05) is 36.1 Å². The van der Waals surface area contributed by atoms with E-state index in [0.717, 1.165) is 34.6 Å². The summed E-state index contributed by atoms with van der Waals surface area (Å²) in [5, 5.41) is 2.85. The van der Waals surface area contributed by atoms with Crippen LogP contribution in [0, 0.1) is 5.82 Å². The summed E-state index contributed by atoms with van der Waals surface area (Å²) < 4.78 is 12.9. The SMILES string of the molecule is O=C1NCCc2[nH]c(-c3ccnc(C=Cc4ccc(F)cc4)c3)cc21. The molecule has 25 heavy (non-hydrogen) atoms. The van der Waals surface area contributed by atoms with Crippen LogP contribution in [0.5, 0.6) is 0 Å². The number of hydrogen-bond acceptors (Lipinski definition) is 2. The number of halogens is 1. The zero-order valence-corrected chi connectivity index (χ0v) is 13.4. The van der Waals surface area contributed by atoms with Gasteiger partial charge in [0.2, 0.25) is 0 Å². The van der Waals surface area contributed by atoms with Crippen molar-refractivity contribution < 1.29 is 9.18 Å². The number of rotatable bonds is 3. The molecule has 0 saturated carbocycles. The summed E-state index contributed by atoms with van der Waals surface area (Å²) in [6.07, 6.45) is 6.31. The van der Waals surface area contributed by atoms with Gasteiger partial charge >= 0.3 is 0 Å². The number of nitrogens with zero attached hydrogens (tertiary/aromatic N) is 1. The van der Waals surface area contributed by atoms with E-state index in [1.807, 2.05) is 30.4 Å². The van der Waals surface area contributed by atoms with E-state index in [0.29, 0.717) is 12.1 Å². The van der Waals surface area contributed by atoms with E-state index in [2.05, 4.69) is 15.3 Å². The number of carbonyl (C=O) groups excluding carboxylic acids is 1. The molecule has 1 aliphatic rings. The summed E-state index contributed by atoms with van der Waals surface area (Å²) in [7, 11) is 0. The van der Waals surface area contributed by atoms with Crippen molar-refractivity contribution >= 4 is 18.1 Å². The molecule has 0 aliphatic carbocycles. The zero-order chi connectivity index (χ0) is 17.2. The third-order valence-corrected chi connectivity index (χ3v) is 4.21. The molecule has 1 aliphatic heterocycles. The van der Waals surface area contributed by atoms with Gasteiger partial charge in [0.25, 0.3) is 5.91 Å². The topological polar surface area (TPSA) is 57.8 Å². The summed E-state index contributed by atoms with van der Waals surface area (Å²) in [5.74, 6) is -0.286. The third kappa shape index (κ3) is 3.21. The minimum absolute atomic E-state index is 0.0331. The molecule has 2 N–H and O–H groups in total. The van der Waals surface area contributed by atoms with Crippen LogP contribution in [0.1, 0.15) is 27.3 Å². The molecule has 124 valence electrons. The van der Waals surface area contributed by atoms with Crippen LogP contribution in [0.3, 0.4) is 0 Å². The first-order valence-corrected chi connectivity index (χ1v) is 8.09. The van der Waals surface area contributed by atoms with E-state index in [4.69, 9.17) is 0 Å². The summed E-state index contributed by atoms with van der Waals surface area (Å²) >= 11 is 0. The second-order valence-corrected chi connectivity index (χ2v) is 5.94. The van der Waals surface area contributed by atoms with Crippen LogP contribution in [0.15, 0.2) is 48.7 Å². The number of aromatic nitrogens is 2. The lowest BCUT2D eigenvalue weighted by molar-refractivity contribution is 0.0946. The molecule has 0 unspecified atom stereocenters. The molecule has 1 amide bonds. The van der Waals surface area contributed by atoms with Crippen molar-refractivity contribution in [1.29, 1.82) is 0 Å². The number of pyridine rings is 1. The fraction of sp³-hybridized carbons (Fsp3) is 0.100. The monoisotopic (exact) mass is 333 g/mol. The molecule has 2 aromatic heterocycles. The van der Waals surface area contributed by atoms with E-state index < -0.39 is 0 Å². The Balaban J connectivity index is 1.61. The first-order chi connectivity index (χ1) is 12.2. The van der Waals surface area contributed by atoms with E-state index in [1.165, 1.54) is 12.1 Å². The van der Waals surface area contributed by atoms with Gasteiger partial charge in [-0.15, -0.1) is 0 Å². The highest BCUT2D eigenvalue weighted by Gasteiger charge is 2.19. The van der Waals surface area contributed by atoms with E-state index in [1.54, 1.807) is 18.3 Å². The lowest BCUT2D eigenvalue weighted by Gasteiger charge is -2.10. The average Bonchev–Trinajstić information content (AvgIpc) is 3.07. The number of carbonyl (C=O) groups is 1. The van der Waals surface area contributed by atoms with Crippen LogP contribution in [0.4, 0.5) is 4.39 Å². The Morgan fingerprint density at radius 1 is 1.08 bits per heavy atom. The van der Waals surface area contributed by atoms with Gasteiger partial charge < -0.3 is 10.3 Å². The van der Waals surface area contributed by atoms with Gasteiger partial charge in [0.15, 0.2) is 0 Å². The maximum atomic E-state index is 12.9. The van der Waals surface area contributed by atoms with E-state index in [-0.39, 0.29) is 11.7 Å². The Morgan fingerprint density at radius 3 is 2.72 bits per heavy atom. The van der Waals surface area contributed by atoms with Crippen LogP contribution in [-0.4, -0.2) is 22.4 Å². The van der Waals surface area contributed by atoms with Crippen LogP contribution in [-0.2, 0) is 6.42 Å². The normalized spacial score (nSPS) is 13.7. The fourth-order valence-corrected chi connectivity index (χ4v) is 2.91. The molecule has 0 fully saturated rings. The molecule has 4 rings (SSSR count). The summed E-state index contributed by atoms with van der Waals surface area (Å²) in [5.41, 5.74) is 5.25. The van der Waals surface area contributed by atoms with Crippen molar-refractivity contribution in [3.8, 4) is 11.3 Å². The maximum Gasteiger partial charge on any atom is 0.253 e. The largest absolute Gasteiger partial charge is 0.358 e. The van der Waals surface area contributed by atoms with Gasteiger partial charge in [-0.25, -0.2) is 4.39 Å². The van der Waals surface area contributed by atoms with Crippen molar-refractivity contribution in [3.63, 3.8) is 0 Å². The summed E-state index contributed by atoms with van der Waals surface area (Å²) in [4.78, 5) is 19.6. The molecule has 0 spiro atoms. The first kappa shape index (κ1) is 15.3. The average molecular weight is 333 g/mol. The minimum Gasteiger partial charge on any atom is -0.358 e. The molecule has 0 radical (unpaired) electrons. The van der Waals surface area contributed by atoms with Crippen LogP contribution < -0.4 is 5.32 Å². The van der Waals surface area contributed by atoms with Crippen LogP contribution in [0.25, 0.3) is 23.4 Å². The summed E-state index contributed by atoms with van der Waals surface area (Å²) in [6, 6.07) is 12.0. The third-order valence-electron chi connectivity index (χ3n) is 4.21. The number of fused-ring (bicyclic) bond motifs is 1. The molecule has 3 aromatic rings. The van der Waals surface area contributed by atoms with E-state index >= 15 is 0 Å². The lowest BCUT2D eigenvalue weighted by atomic mass is 10.1. The summed E-state index contributed by atoms with van der Waals surface area (Å²) in [6.45, 7) is 0.661. The van der Waals surface area contributed by atoms with Gasteiger partial charge in [0.1, 0.15) is 5.82 Å². The van der Waals surface area contributed by atoms with Gasteiger partial charge in [-0.1, -0.05) is 18.2 Å². The predicted octanol–water partition coefficient (Wildman–Crippen LogP) is 3.67. The van der Waals surface area contributed by atoms with Crippen LogP contribution in [0.2, 0.25) is 0 Å². The molecule has 3 heterocycles. The number of benzene rings is 1. The van der Waals surface area contributed by atoms with Crippen molar-refractivity contribution in [3.05, 3.63) is 77.0 Å². The van der Waals surface area contributed by atoms with Gasteiger partial charge in [-0.2, -0.15) is 0 Å². The second kappa shape index (κ2) is 6.36. The van der Waals surface area contributed by atoms with Crippen molar-refractivity contribution in [2.24, 2.45) is 0 Å². The van der Waals surface area contributed by atoms with Crippen molar-refractivity contribution in [2.75, 3.05) is 6.54 Å². The molecule has 0 saturated heterocycles. The Labute approximate surface area is 144 Å². The Bertz CT molecular complexity index is 957. The van der Waals surface area contributed by atoms with Crippen molar-refractivity contribution in [2.45, 2.75) is 6.42 Å². The Kier molecular flexibility index (Phi) is 3.90. The molecule has 4 nitrogen and oxygen atoms in total. The molecular weight excluding hydrogens is 317 g/mol. The number of hydrogen-bond donors (Lipinski definition) is 2. The predicted molar refractivity (Wildman–Crippen MR) is 95.4 cm³/mol. The van der Waals surface area contributed by atoms with Crippen LogP contribution >= 0.6 is 0 Å².